The molecule has 1 aliphatic heterocycles. The highest BCUT2D eigenvalue weighted by atomic mass is 16.5. The van der Waals surface area contributed by atoms with Crippen molar-refractivity contribution in [2.24, 2.45) is 7.05 Å². The first-order chi connectivity index (χ1) is 13.1. The van der Waals surface area contributed by atoms with Crippen LogP contribution in [-0.4, -0.2) is 77.8 Å². The summed E-state index contributed by atoms with van der Waals surface area (Å²) in [5.74, 6) is 0.235. The third-order valence-electron chi connectivity index (χ3n) is 4.63. The number of aromatic nitrogens is 2. The minimum atomic E-state index is -0.0620. The molecule has 0 bridgehead atoms. The van der Waals surface area contributed by atoms with E-state index < -0.39 is 0 Å². The van der Waals surface area contributed by atoms with Crippen LogP contribution in [0.25, 0.3) is 0 Å². The van der Waals surface area contributed by atoms with Crippen molar-refractivity contribution in [3.8, 4) is 5.88 Å². The highest BCUT2D eigenvalue weighted by molar-refractivity contribution is 5.96. The molecule has 0 atom stereocenters. The lowest BCUT2D eigenvalue weighted by molar-refractivity contribution is 0.0635. The molecule has 144 valence electrons. The van der Waals surface area contributed by atoms with Crippen LogP contribution in [-0.2, 0) is 7.05 Å². The first kappa shape index (κ1) is 18.9. The van der Waals surface area contributed by atoms with Crippen LogP contribution in [0.2, 0.25) is 0 Å². The molecule has 2 aromatic rings. The van der Waals surface area contributed by atoms with E-state index in [0.29, 0.717) is 36.6 Å². The van der Waals surface area contributed by atoms with E-state index in [0.717, 1.165) is 19.6 Å². The maximum Gasteiger partial charge on any atom is 0.261 e. The fourth-order valence-electron chi connectivity index (χ4n) is 3.13. The molecule has 1 N–H and O–H groups in total. The predicted octanol–water partition coefficient (Wildman–Crippen LogP) is 0.617. The highest BCUT2D eigenvalue weighted by Crippen LogP contribution is 2.18. The van der Waals surface area contributed by atoms with E-state index in [9.17, 15) is 9.59 Å². The molecular formula is C19H25N5O3. The normalized spacial score (nSPS) is 14.8. The molecule has 0 unspecified atom stereocenters. The summed E-state index contributed by atoms with van der Waals surface area (Å²) in [5.41, 5.74) is 1.15. The van der Waals surface area contributed by atoms with Gasteiger partial charge in [0.2, 0.25) is 5.88 Å². The van der Waals surface area contributed by atoms with Crippen molar-refractivity contribution in [2.45, 2.75) is 0 Å². The Bertz CT molecular complexity index is 782. The molecule has 2 heterocycles. The van der Waals surface area contributed by atoms with Gasteiger partial charge in [-0.2, -0.15) is 0 Å². The fourth-order valence-corrected chi connectivity index (χ4v) is 3.13. The van der Waals surface area contributed by atoms with E-state index in [1.165, 1.54) is 7.11 Å². The van der Waals surface area contributed by atoms with Gasteiger partial charge in [0.05, 0.1) is 7.11 Å². The number of carbonyl (C=O) groups is 2. The molecule has 2 amide bonds. The average molecular weight is 371 g/mol. The molecule has 27 heavy (non-hydrogen) atoms. The Morgan fingerprint density at radius 2 is 1.85 bits per heavy atom. The topological polar surface area (TPSA) is 79.7 Å². The number of carbonyl (C=O) groups excluding carboxylic acids is 2. The van der Waals surface area contributed by atoms with Crippen molar-refractivity contribution in [1.82, 2.24) is 24.9 Å². The van der Waals surface area contributed by atoms with Crippen molar-refractivity contribution in [3.05, 3.63) is 47.7 Å². The van der Waals surface area contributed by atoms with Crippen molar-refractivity contribution in [3.63, 3.8) is 0 Å². The Hall–Kier alpha value is -2.87. The standard InChI is InChI=1S/C19H25N5O3/c1-22-14-16(18(21-22)27-2)19(26)24-12-10-23(11-13-24)9-8-20-17(25)15-6-4-3-5-7-15/h3-7,14H,8-13H2,1-2H3,(H,20,25). The molecule has 1 aromatic carbocycles. The zero-order valence-electron chi connectivity index (χ0n) is 15.7. The zero-order valence-corrected chi connectivity index (χ0v) is 15.7. The van der Waals surface area contributed by atoms with Crippen LogP contribution in [0.3, 0.4) is 0 Å². The van der Waals surface area contributed by atoms with Gasteiger partial charge in [0.1, 0.15) is 5.56 Å². The number of nitrogens with zero attached hydrogens (tertiary/aromatic N) is 4. The summed E-state index contributed by atoms with van der Waals surface area (Å²) in [6, 6.07) is 9.18. The lowest BCUT2D eigenvalue weighted by atomic mass is 10.2. The van der Waals surface area contributed by atoms with Gasteiger partial charge in [-0.3, -0.25) is 19.2 Å². The fraction of sp³-hybridized carbons (Fsp3) is 0.421. The van der Waals surface area contributed by atoms with Crippen LogP contribution in [0, 0.1) is 0 Å². The van der Waals surface area contributed by atoms with Crippen molar-refractivity contribution in [2.75, 3.05) is 46.4 Å². The van der Waals surface area contributed by atoms with Crippen molar-refractivity contribution in [1.29, 1.82) is 0 Å². The largest absolute Gasteiger partial charge is 0.479 e. The molecule has 1 fully saturated rings. The maximum absolute atomic E-state index is 12.7. The first-order valence-corrected chi connectivity index (χ1v) is 9.01. The number of nitrogens with one attached hydrogen (secondary N) is 1. The number of benzene rings is 1. The molecule has 0 radical (unpaired) electrons. The minimum Gasteiger partial charge on any atom is -0.479 e. The molecule has 0 saturated carbocycles. The second kappa shape index (κ2) is 8.68. The third-order valence-corrected chi connectivity index (χ3v) is 4.63. The number of methoxy groups -OCH3 is 1. The van der Waals surface area contributed by atoms with Gasteiger partial charge < -0.3 is 15.0 Å². The molecular weight excluding hydrogens is 346 g/mol. The molecule has 3 rings (SSSR count). The molecule has 1 aliphatic rings. The molecule has 1 aromatic heterocycles. The van der Waals surface area contributed by atoms with Crippen LogP contribution in [0.4, 0.5) is 0 Å². The number of hydrogen-bond acceptors (Lipinski definition) is 5. The molecule has 8 nitrogen and oxygen atoms in total. The number of aryl methyl sites for hydroxylation is 1. The first-order valence-electron chi connectivity index (χ1n) is 9.01. The van der Waals surface area contributed by atoms with Gasteiger partial charge in [-0.1, -0.05) is 18.2 Å². The summed E-state index contributed by atoms with van der Waals surface area (Å²) in [7, 11) is 3.28. The summed E-state index contributed by atoms with van der Waals surface area (Å²) in [6.45, 7) is 4.17. The second-order valence-corrected chi connectivity index (χ2v) is 6.48. The average Bonchev–Trinajstić information content (AvgIpc) is 3.09. The van der Waals surface area contributed by atoms with Gasteiger partial charge in [0, 0.05) is 58.1 Å². The number of piperazine rings is 1. The summed E-state index contributed by atoms with van der Waals surface area (Å²) in [5, 5.41) is 7.07. The minimum absolute atomic E-state index is 0.0584. The Labute approximate surface area is 158 Å². The number of rotatable bonds is 6. The molecule has 0 spiro atoms. The monoisotopic (exact) mass is 371 g/mol. The number of hydrogen-bond donors (Lipinski definition) is 1. The quantitative estimate of drug-likeness (QED) is 0.805. The summed E-state index contributed by atoms with van der Waals surface area (Å²) < 4.78 is 6.76. The molecule has 8 heteroatoms. The maximum atomic E-state index is 12.7. The van der Waals surface area contributed by atoms with Gasteiger partial charge in [-0.15, -0.1) is 5.10 Å². The van der Waals surface area contributed by atoms with Crippen molar-refractivity contribution >= 4 is 11.8 Å². The predicted molar refractivity (Wildman–Crippen MR) is 101 cm³/mol. The van der Waals surface area contributed by atoms with E-state index in [1.807, 2.05) is 23.1 Å². The summed E-state index contributed by atoms with van der Waals surface area (Å²) in [4.78, 5) is 28.8. The number of ether oxygens (including phenoxy) is 1. The lowest BCUT2D eigenvalue weighted by Crippen LogP contribution is -2.50. The van der Waals surface area contributed by atoms with Crippen LogP contribution >= 0.6 is 0 Å². The van der Waals surface area contributed by atoms with Gasteiger partial charge in [0.15, 0.2) is 0 Å². The van der Waals surface area contributed by atoms with E-state index in [2.05, 4.69) is 15.3 Å². The smallest absolute Gasteiger partial charge is 0.261 e. The van der Waals surface area contributed by atoms with Gasteiger partial charge in [-0.25, -0.2) is 0 Å². The third kappa shape index (κ3) is 4.65. The Morgan fingerprint density at radius 3 is 2.52 bits per heavy atom. The highest BCUT2D eigenvalue weighted by Gasteiger charge is 2.26. The van der Waals surface area contributed by atoms with Crippen LogP contribution in [0.15, 0.2) is 36.5 Å². The summed E-state index contributed by atoms with van der Waals surface area (Å²) in [6.07, 6.45) is 1.69. The van der Waals surface area contributed by atoms with Gasteiger partial charge in [-0.05, 0) is 12.1 Å². The Morgan fingerprint density at radius 1 is 1.15 bits per heavy atom. The van der Waals surface area contributed by atoms with E-state index in [1.54, 1.807) is 30.1 Å². The van der Waals surface area contributed by atoms with Crippen LogP contribution in [0.1, 0.15) is 20.7 Å². The van der Waals surface area contributed by atoms with E-state index >= 15 is 0 Å². The number of amides is 2. The zero-order chi connectivity index (χ0) is 19.2. The van der Waals surface area contributed by atoms with Gasteiger partial charge in [0.25, 0.3) is 11.8 Å². The summed E-state index contributed by atoms with van der Waals surface area (Å²) >= 11 is 0. The Kier molecular flexibility index (Phi) is 6.08. The van der Waals surface area contributed by atoms with Gasteiger partial charge >= 0.3 is 0 Å². The molecule has 0 aliphatic carbocycles. The van der Waals surface area contributed by atoms with E-state index in [4.69, 9.17) is 4.74 Å². The SMILES string of the molecule is COc1nn(C)cc1C(=O)N1CCN(CCNC(=O)c2ccccc2)CC1. The Balaban J connectivity index is 1.43. The van der Waals surface area contributed by atoms with Crippen LogP contribution in [0.5, 0.6) is 5.88 Å². The second-order valence-electron chi connectivity index (χ2n) is 6.48. The molecule has 1 saturated heterocycles. The van der Waals surface area contributed by atoms with Crippen LogP contribution < -0.4 is 10.1 Å². The van der Waals surface area contributed by atoms with E-state index in [-0.39, 0.29) is 11.8 Å². The van der Waals surface area contributed by atoms with Crippen molar-refractivity contribution < 1.29 is 14.3 Å². The lowest BCUT2D eigenvalue weighted by Gasteiger charge is -2.34.